The molecule has 0 aliphatic rings. The Morgan fingerprint density at radius 3 is 2.85 bits per heavy atom. The van der Waals surface area contributed by atoms with Gasteiger partial charge in [0, 0.05) is 18.8 Å². The van der Waals surface area contributed by atoms with Gasteiger partial charge in [0.05, 0.1) is 18.3 Å². The Hall–Kier alpha value is -1.66. The summed E-state index contributed by atoms with van der Waals surface area (Å²) in [5.74, 6) is -0.667. The molecule has 1 aromatic carbocycles. The molecular formula is C14H22FN3O2. The SMILES string of the molecule is CCOCCN(C)C(C)C(=O)Nc1ccc(F)c(N)c1. The summed E-state index contributed by atoms with van der Waals surface area (Å²) >= 11 is 0. The first-order valence-electron chi connectivity index (χ1n) is 6.59. The Bertz CT molecular complexity index is 454. The minimum atomic E-state index is -0.495. The van der Waals surface area contributed by atoms with Crippen LogP contribution < -0.4 is 11.1 Å². The summed E-state index contributed by atoms with van der Waals surface area (Å²) in [5, 5.41) is 2.71. The van der Waals surface area contributed by atoms with Gasteiger partial charge in [0.15, 0.2) is 0 Å². The number of ether oxygens (including phenoxy) is 1. The van der Waals surface area contributed by atoms with Gasteiger partial charge in [-0.05, 0) is 39.1 Å². The number of hydrogen-bond donors (Lipinski definition) is 2. The van der Waals surface area contributed by atoms with Gasteiger partial charge >= 0.3 is 0 Å². The molecule has 3 N–H and O–H groups in total. The monoisotopic (exact) mass is 283 g/mol. The maximum absolute atomic E-state index is 13.0. The fraction of sp³-hybridized carbons (Fsp3) is 0.500. The van der Waals surface area contributed by atoms with Gasteiger partial charge in [0.2, 0.25) is 5.91 Å². The molecule has 20 heavy (non-hydrogen) atoms. The van der Waals surface area contributed by atoms with E-state index in [9.17, 15) is 9.18 Å². The van der Waals surface area contributed by atoms with E-state index < -0.39 is 5.82 Å². The van der Waals surface area contributed by atoms with Crippen molar-refractivity contribution in [3.05, 3.63) is 24.0 Å². The lowest BCUT2D eigenvalue weighted by atomic mass is 10.2. The molecule has 5 nitrogen and oxygen atoms in total. The quantitative estimate of drug-likeness (QED) is 0.590. The van der Waals surface area contributed by atoms with E-state index >= 15 is 0 Å². The van der Waals surface area contributed by atoms with Crippen LogP contribution >= 0.6 is 0 Å². The van der Waals surface area contributed by atoms with Crippen LogP contribution in [0.3, 0.4) is 0 Å². The van der Waals surface area contributed by atoms with Crippen LogP contribution in [0.4, 0.5) is 15.8 Å². The minimum Gasteiger partial charge on any atom is -0.396 e. The normalized spacial score (nSPS) is 12.4. The molecule has 0 aliphatic carbocycles. The van der Waals surface area contributed by atoms with Crippen LogP contribution in [0.5, 0.6) is 0 Å². The number of nitrogen functional groups attached to an aromatic ring is 1. The number of anilines is 2. The zero-order valence-electron chi connectivity index (χ0n) is 12.1. The van der Waals surface area contributed by atoms with E-state index in [1.54, 1.807) is 6.92 Å². The average molecular weight is 283 g/mol. The molecule has 1 unspecified atom stereocenters. The number of nitrogens with two attached hydrogens (primary N) is 1. The smallest absolute Gasteiger partial charge is 0.241 e. The topological polar surface area (TPSA) is 67.6 Å². The van der Waals surface area contributed by atoms with Crippen LogP contribution in [0.1, 0.15) is 13.8 Å². The van der Waals surface area contributed by atoms with E-state index in [0.29, 0.717) is 25.4 Å². The van der Waals surface area contributed by atoms with Crippen molar-refractivity contribution in [3.8, 4) is 0 Å². The zero-order chi connectivity index (χ0) is 15.1. The van der Waals surface area contributed by atoms with Gasteiger partial charge in [0.25, 0.3) is 0 Å². The van der Waals surface area contributed by atoms with E-state index in [-0.39, 0.29) is 17.6 Å². The minimum absolute atomic E-state index is 0.0140. The van der Waals surface area contributed by atoms with E-state index in [0.717, 1.165) is 0 Å². The molecule has 1 aromatic rings. The van der Waals surface area contributed by atoms with E-state index in [1.807, 2.05) is 18.9 Å². The highest BCUT2D eigenvalue weighted by Gasteiger charge is 2.18. The number of carbonyl (C=O) groups is 1. The van der Waals surface area contributed by atoms with Crippen LogP contribution in [0, 0.1) is 5.82 Å². The highest BCUT2D eigenvalue weighted by molar-refractivity contribution is 5.94. The van der Waals surface area contributed by atoms with Crippen molar-refractivity contribution in [1.82, 2.24) is 4.90 Å². The van der Waals surface area contributed by atoms with Gasteiger partial charge < -0.3 is 15.8 Å². The molecule has 1 rings (SSSR count). The van der Waals surface area contributed by atoms with Crippen molar-refractivity contribution in [2.75, 3.05) is 37.9 Å². The molecular weight excluding hydrogens is 261 g/mol. The van der Waals surface area contributed by atoms with Gasteiger partial charge in [0.1, 0.15) is 5.82 Å². The Morgan fingerprint density at radius 1 is 1.55 bits per heavy atom. The molecule has 0 saturated heterocycles. The third-order valence-electron chi connectivity index (χ3n) is 3.10. The molecule has 0 spiro atoms. The van der Waals surface area contributed by atoms with E-state index in [2.05, 4.69) is 5.32 Å². The standard InChI is InChI=1S/C14H22FN3O2/c1-4-20-8-7-18(3)10(2)14(19)17-11-5-6-12(15)13(16)9-11/h5-6,9-10H,4,7-8,16H2,1-3H3,(H,17,19). The number of amides is 1. The molecule has 1 atom stereocenters. The first kappa shape index (κ1) is 16.4. The number of likely N-dealkylation sites (N-methyl/N-ethyl adjacent to an activating group) is 1. The van der Waals surface area contributed by atoms with Crippen molar-refractivity contribution in [2.45, 2.75) is 19.9 Å². The fourth-order valence-corrected chi connectivity index (χ4v) is 1.61. The summed E-state index contributed by atoms with van der Waals surface area (Å²) in [4.78, 5) is 13.9. The van der Waals surface area contributed by atoms with E-state index in [1.165, 1.54) is 18.2 Å². The number of carbonyl (C=O) groups excluding carboxylic acids is 1. The molecule has 1 amide bonds. The maximum Gasteiger partial charge on any atom is 0.241 e. The van der Waals surface area contributed by atoms with Crippen LogP contribution in [-0.4, -0.2) is 43.7 Å². The third kappa shape index (κ3) is 4.79. The highest BCUT2D eigenvalue weighted by Crippen LogP contribution is 2.16. The number of benzene rings is 1. The summed E-state index contributed by atoms with van der Waals surface area (Å²) in [5.41, 5.74) is 5.96. The van der Waals surface area contributed by atoms with Crippen molar-refractivity contribution < 1.29 is 13.9 Å². The number of nitrogens with zero attached hydrogens (tertiary/aromatic N) is 1. The molecule has 0 fully saturated rings. The Labute approximate surface area is 118 Å². The van der Waals surface area contributed by atoms with Gasteiger partial charge in [-0.25, -0.2) is 4.39 Å². The first-order valence-corrected chi connectivity index (χ1v) is 6.59. The molecule has 0 aliphatic heterocycles. The Kier molecular flexibility index (Phi) is 6.41. The summed E-state index contributed by atoms with van der Waals surface area (Å²) in [7, 11) is 1.85. The van der Waals surface area contributed by atoms with Crippen LogP contribution in [0.15, 0.2) is 18.2 Å². The zero-order valence-corrected chi connectivity index (χ0v) is 12.1. The largest absolute Gasteiger partial charge is 0.396 e. The summed E-state index contributed by atoms with van der Waals surface area (Å²) in [6.07, 6.45) is 0. The van der Waals surface area contributed by atoms with Crippen LogP contribution in [-0.2, 0) is 9.53 Å². The fourth-order valence-electron chi connectivity index (χ4n) is 1.61. The predicted octanol–water partition coefficient (Wildman–Crippen LogP) is 1.70. The number of hydrogen-bond acceptors (Lipinski definition) is 4. The second kappa shape index (κ2) is 7.81. The maximum atomic E-state index is 13.0. The lowest BCUT2D eigenvalue weighted by Gasteiger charge is -2.23. The van der Waals surface area contributed by atoms with Gasteiger partial charge in [-0.3, -0.25) is 9.69 Å². The van der Waals surface area contributed by atoms with Crippen molar-refractivity contribution in [3.63, 3.8) is 0 Å². The number of nitrogens with one attached hydrogen (secondary N) is 1. The van der Waals surface area contributed by atoms with Gasteiger partial charge in [-0.2, -0.15) is 0 Å². The van der Waals surface area contributed by atoms with Crippen molar-refractivity contribution in [2.24, 2.45) is 0 Å². The molecule has 0 aromatic heterocycles. The van der Waals surface area contributed by atoms with Crippen molar-refractivity contribution in [1.29, 1.82) is 0 Å². The first-order chi connectivity index (χ1) is 9.45. The van der Waals surface area contributed by atoms with Crippen LogP contribution in [0.2, 0.25) is 0 Å². The molecule has 0 saturated carbocycles. The number of rotatable bonds is 7. The lowest BCUT2D eigenvalue weighted by molar-refractivity contribution is -0.120. The lowest BCUT2D eigenvalue weighted by Crippen LogP contribution is -2.41. The van der Waals surface area contributed by atoms with Crippen LogP contribution in [0.25, 0.3) is 0 Å². The highest BCUT2D eigenvalue weighted by atomic mass is 19.1. The van der Waals surface area contributed by atoms with Crippen molar-refractivity contribution >= 4 is 17.3 Å². The summed E-state index contributed by atoms with van der Waals surface area (Å²) in [6.45, 7) is 5.62. The summed E-state index contributed by atoms with van der Waals surface area (Å²) in [6, 6.07) is 3.80. The molecule has 112 valence electrons. The molecule has 0 heterocycles. The molecule has 6 heteroatoms. The second-order valence-electron chi connectivity index (χ2n) is 4.58. The van der Waals surface area contributed by atoms with Gasteiger partial charge in [-0.1, -0.05) is 0 Å². The molecule has 0 bridgehead atoms. The average Bonchev–Trinajstić information content (AvgIpc) is 2.42. The predicted molar refractivity (Wildman–Crippen MR) is 78.0 cm³/mol. The molecule has 0 radical (unpaired) electrons. The number of halogens is 1. The van der Waals surface area contributed by atoms with Gasteiger partial charge in [-0.15, -0.1) is 0 Å². The Balaban J connectivity index is 2.54. The summed E-state index contributed by atoms with van der Waals surface area (Å²) < 4.78 is 18.3. The second-order valence-corrected chi connectivity index (χ2v) is 4.58. The Morgan fingerprint density at radius 2 is 2.25 bits per heavy atom. The third-order valence-corrected chi connectivity index (χ3v) is 3.10. The van der Waals surface area contributed by atoms with E-state index in [4.69, 9.17) is 10.5 Å².